The van der Waals surface area contributed by atoms with Crippen molar-refractivity contribution >= 4 is 46.9 Å². The van der Waals surface area contributed by atoms with Crippen LogP contribution in [0.4, 0.5) is 0 Å². The van der Waals surface area contributed by atoms with Gasteiger partial charge in [-0.15, -0.1) is 0 Å². The average Bonchev–Trinajstić information content (AvgIpc) is 2.99. The molecule has 3 fully saturated rings. The number of halogens is 2. The molecule has 1 aliphatic carbocycles. The van der Waals surface area contributed by atoms with Crippen molar-refractivity contribution in [3.05, 3.63) is 38.7 Å². The highest BCUT2D eigenvalue weighted by Gasteiger charge is 2.49. The highest BCUT2D eigenvalue weighted by Crippen LogP contribution is 2.44. The predicted molar refractivity (Wildman–Crippen MR) is 91.8 cm³/mol. The van der Waals surface area contributed by atoms with E-state index in [4.69, 9.17) is 23.2 Å². The number of rotatable bonds is 1. The van der Waals surface area contributed by atoms with E-state index in [2.05, 4.69) is 5.32 Å². The lowest BCUT2D eigenvalue weighted by atomic mass is 9.91. The lowest BCUT2D eigenvalue weighted by molar-refractivity contribution is -0.127. The van der Waals surface area contributed by atoms with Gasteiger partial charge >= 0.3 is 0 Å². The second kappa shape index (κ2) is 5.75. The Morgan fingerprint density at radius 3 is 2.91 bits per heavy atom. The zero-order chi connectivity index (χ0) is 15.3. The normalized spacial score (nSPS) is 32.5. The number of hydrogen-bond donors (Lipinski definition) is 1. The van der Waals surface area contributed by atoms with Crippen molar-refractivity contribution in [1.29, 1.82) is 0 Å². The fourth-order valence-corrected chi connectivity index (χ4v) is 5.29. The molecule has 22 heavy (non-hydrogen) atoms. The molecule has 0 spiro atoms. The molecule has 2 heterocycles. The van der Waals surface area contributed by atoms with Crippen molar-refractivity contribution in [3.63, 3.8) is 0 Å². The Balaban J connectivity index is 1.61. The summed E-state index contributed by atoms with van der Waals surface area (Å²) in [5.41, 5.74) is 0.918. The van der Waals surface area contributed by atoms with Crippen LogP contribution in [0.25, 0.3) is 6.08 Å². The van der Waals surface area contributed by atoms with Gasteiger partial charge < -0.3 is 4.90 Å². The zero-order valence-corrected chi connectivity index (χ0v) is 14.2. The smallest absolute Gasteiger partial charge is 0.262 e. The molecule has 1 saturated carbocycles. The van der Waals surface area contributed by atoms with Gasteiger partial charge in [-0.05, 0) is 36.6 Å². The maximum Gasteiger partial charge on any atom is 0.262 e. The summed E-state index contributed by atoms with van der Waals surface area (Å²) in [5, 5.41) is 4.77. The van der Waals surface area contributed by atoms with Crippen LogP contribution in [0.3, 0.4) is 0 Å². The summed E-state index contributed by atoms with van der Waals surface area (Å²) >= 11 is 13.7. The van der Waals surface area contributed by atoms with Crippen molar-refractivity contribution in [2.75, 3.05) is 0 Å². The molecule has 3 nitrogen and oxygen atoms in total. The fraction of sp³-hybridized carbons (Fsp3) is 0.438. The van der Waals surface area contributed by atoms with Crippen molar-refractivity contribution in [1.82, 2.24) is 10.2 Å². The topological polar surface area (TPSA) is 32.3 Å². The van der Waals surface area contributed by atoms with E-state index in [1.807, 2.05) is 17.0 Å². The monoisotopic (exact) mass is 354 g/mol. The minimum Gasteiger partial charge on any atom is -0.309 e. The van der Waals surface area contributed by atoms with E-state index in [1.54, 1.807) is 23.9 Å². The molecule has 4 rings (SSSR count). The maximum absolute atomic E-state index is 12.8. The molecule has 3 unspecified atom stereocenters. The van der Waals surface area contributed by atoms with Crippen LogP contribution < -0.4 is 5.32 Å². The first-order chi connectivity index (χ1) is 10.6. The van der Waals surface area contributed by atoms with Crippen molar-refractivity contribution < 1.29 is 4.79 Å². The largest absolute Gasteiger partial charge is 0.309 e. The van der Waals surface area contributed by atoms with Gasteiger partial charge in [-0.1, -0.05) is 53.9 Å². The number of nitrogens with zero attached hydrogens (tertiary/aromatic N) is 1. The number of carbonyl (C=O) groups excluding carboxylic acids is 1. The molecule has 0 aromatic heterocycles. The third-order valence-electron chi connectivity index (χ3n) is 4.63. The molecular formula is C16H16Cl2N2OS. The van der Waals surface area contributed by atoms with Gasteiger partial charge in [0, 0.05) is 22.1 Å². The Bertz CT molecular complexity index is 664. The predicted octanol–water partition coefficient (Wildman–Crippen LogP) is 4.11. The summed E-state index contributed by atoms with van der Waals surface area (Å²) in [4.78, 5) is 15.5. The lowest BCUT2D eigenvalue weighted by Crippen LogP contribution is -2.40. The summed E-state index contributed by atoms with van der Waals surface area (Å²) < 4.78 is 0. The first kappa shape index (κ1) is 14.9. The van der Waals surface area contributed by atoms with Gasteiger partial charge in [0.15, 0.2) is 0 Å². The standard InChI is InChI=1S/C16H16Cl2N2OS/c17-10-6-5-9(11(18)8-10)7-14-15(21)20-13-4-2-1-3-12(13)19-16(20)22-14/h5-8,12-13,16,19H,1-4H2. The number of hydrogen-bond acceptors (Lipinski definition) is 3. The molecule has 3 aliphatic rings. The highest BCUT2D eigenvalue weighted by atomic mass is 35.5. The number of amides is 1. The number of carbonyl (C=O) groups is 1. The third kappa shape index (κ3) is 2.46. The van der Waals surface area contributed by atoms with E-state index in [0.717, 1.165) is 16.9 Å². The first-order valence-corrected chi connectivity index (χ1v) is 9.19. The Morgan fingerprint density at radius 2 is 2.09 bits per heavy atom. The summed E-state index contributed by atoms with van der Waals surface area (Å²) in [6.45, 7) is 0. The Labute approximate surface area is 144 Å². The van der Waals surface area contributed by atoms with Crippen LogP contribution in [0.15, 0.2) is 23.1 Å². The van der Waals surface area contributed by atoms with Crippen LogP contribution in [0.2, 0.25) is 10.0 Å². The van der Waals surface area contributed by atoms with Gasteiger partial charge in [0.1, 0.15) is 5.50 Å². The summed E-state index contributed by atoms with van der Waals surface area (Å²) in [5.74, 6) is 0.128. The summed E-state index contributed by atoms with van der Waals surface area (Å²) in [7, 11) is 0. The van der Waals surface area contributed by atoms with E-state index >= 15 is 0 Å². The van der Waals surface area contributed by atoms with Crippen LogP contribution in [0.5, 0.6) is 0 Å². The van der Waals surface area contributed by atoms with Crippen LogP contribution in [-0.4, -0.2) is 28.4 Å². The number of fused-ring (bicyclic) bond motifs is 3. The van der Waals surface area contributed by atoms with E-state index in [0.29, 0.717) is 22.1 Å². The van der Waals surface area contributed by atoms with Crippen molar-refractivity contribution in [2.45, 2.75) is 43.3 Å². The minimum atomic E-state index is 0.0814. The molecule has 0 bridgehead atoms. The van der Waals surface area contributed by atoms with Crippen molar-refractivity contribution in [2.24, 2.45) is 0 Å². The number of benzene rings is 1. The Morgan fingerprint density at radius 1 is 1.27 bits per heavy atom. The summed E-state index contributed by atoms with van der Waals surface area (Å²) in [6, 6.07) is 6.17. The van der Waals surface area contributed by atoms with Crippen molar-refractivity contribution in [3.8, 4) is 0 Å². The van der Waals surface area contributed by atoms with Crippen LogP contribution >= 0.6 is 35.0 Å². The van der Waals surface area contributed by atoms with Crippen LogP contribution in [-0.2, 0) is 4.79 Å². The van der Waals surface area contributed by atoms with Gasteiger partial charge in [-0.25, -0.2) is 0 Å². The molecule has 2 aliphatic heterocycles. The van der Waals surface area contributed by atoms with Gasteiger partial charge in [0.25, 0.3) is 5.91 Å². The third-order valence-corrected chi connectivity index (χ3v) is 6.32. The number of thioether (sulfide) groups is 1. The molecular weight excluding hydrogens is 339 g/mol. The molecule has 1 aromatic carbocycles. The van der Waals surface area contributed by atoms with E-state index in [-0.39, 0.29) is 11.4 Å². The molecule has 2 saturated heterocycles. The van der Waals surface area contributed by atoms with E-state index in [1.165, 1.54) is 19.3 Å². The SMILES string of the molecule is O=C1C(=Cc2ccc(Cl)cc2Cl)SC2NC3CCCCC3N12. The fourth-order valence-electron chi connectivity index (χ4n) is 3.58. The van der Waals surface area contributed by atoms with Crippen LogP contribution in [0.1, 0.15) is 31.2 Å². The van der Waals surface area contributed by atoms with Gasteiger partial charge in [0.05, 0.1) is 4.91 Å². The average molecular weight is 355 g/mol. The first-order valence-electron chi connectivity index (χ1n) is 7.55. The highest BCUT2D eigenvalue weighted by molar-refractivity contribution is 8.05. The molecule has 1 aromatic rings. The minimum absolute atomic E-state index is 0.0814. The Hall–Kier alpha value is -0.680. The zero-order valence-electron chi connectivity index (χ0n) is 11.9. The Kier molecular flexibility index (Phi) is 3.89. The van der Waals surface area contributed by atoms with Gasteiger partial charge in [-0.2, -0.15) is 0 Å². The quantitative estimate of drug-likeness (QED) is 0.770. The number of nitrogens with one attached hydrogen (secondary N) is 1. The maximum atomic E-state index is 12.8. The second-order valence-corrected chi connectivity index (χ2v) is 7.95. The molecule has 3 atom stereocenters. The van der Waals surface area contributed by atoms with E-state index < -0.39 is 0 Å². The molecule has 1 N–H and O–H groups in total. The molecule has 116 valence electrons. The second-order valence-electron chi connectivity index (χ2n) is 5.98. The summed E-state index contributed by atoms with van der Waals surface area (Å²) in [6.07, 6.45) is 6.63. The lowest BCUT2D eigenvalue weighted by Gasteiger charge is -2.29. The molecule has 1 amide bonds. The molecule has 6 heteroatoms. The molecule has 0 radical (unpaired) electrons. The van der Waals surface area contributed by atoms with Gasteiger partial charge in [0.2, 0.25) is 0 Å². The van der Waals surface area contributed by atoms with Gasteiger partial charge in [-0.3, -0.25) is 10.1 Å². The van der Waals surface area contributed by atoms with Crippen LogP contribution in [0, 0.1) is 0 Å². The van der Waals surface area contributed by atoms with E-state index in [9.17, 15) is 4.79 Å².